The Morgan fingerprint density at radius 2 is 1.92 bits per heavy atom. The van der Waals surface area contributed by atoms with E-state index in [1.807, 2.05) is 0 Å². The van der Waals surface area contributed by atoms with Crippen LogP contribution in [0.3, 0.4) is 0 Å². The van der Waals surface area contributed by atoms with Gasteiger partial charge in [-0.2, -0.15) is 0 Å². The molecule has 70 valence electrons. The second-order valence-corrected chi connectivity index (χ2v) is 4.26. The smallest absolute Gasteiger partial charge is 0.172 e. The van der Waals surface area contributed by atoms with Crippen molar-refractivity contribution in [2.45, 2.75) is 18.4 Å². The summed E-state index contributed by atoms with van der Waals surface area (Å²) in [6, 6.07) is 2.72. The SMILES string of the molecule is NC1(c2cc(F)c(F)c(Br)c2)CC1. The van der Waals surface area contributed by atoms with E-state index in [4.69, 9.17) is 5.73 Å². The zero-order chi connectivity index (χ0) is 9.64. The third kappa shape index (κ3) is 1.48. The molecule has 1 saturated carbocycles. The maximum absolute atomic E-state index is 12.9. The number of hydrogen-bond donors (Lipinski definition) is 1. The minimum atomic E-state index is -0.854. The topological polar surface area (TPSA) is 26.0 Å². The van der Waals surface area contributed by atoms with Gasteiger partial charge in [-0.05, 0) is 46.5 Å². The van der Waals surface area contributed by atoms with Crippen molar-refractivity contribution >= 4 is 15.9 Å². The summed E-state index contributed by atoms with van der Waals surface area (Å²) in [5, 5.41) is 0. The molecule has 0 atom stereocenters. The summed E-state index contributed by atoms with van der Waals surface area (Å²) in [7, 11) is 0. The lowest BCUT2D eigenvalue weighted by Crippen LogP contribution is -2.19. The Labute approximate surface area is 83.1 Å². The highest BCUT2D eigenvalue weighted by Gasteiger charge is 2.40. The third-order valence-electron chi connectivity index (χ3n) is 2.35. The van der Waals surface area contributed by atoms with Crippen molar-refractivity contribution in [1.29, 1.82) is 0 Å². The molecule has 0 heterocycles. The molecule has 2 N–H and O–H groups in total. The van der Waals surface area contributed by atoms with Crippen LogP contribution in [0.5, 0.6) is 0 Å². The van der Waals surface area contributed by atoms with E-state index < -0.39 is 17.2 Å². The fraction of sp³-hybridized carbons (Fsp3) is 0.333. The summed E-state index contributed by atoms with van der Waals surface area (Å²) in [6.45, 7) is 0. The van der Waals surface area contributed by atoms with Crippen molar-refractivity contribution in [2.75, 3.05) is 0 Å². The monoisotopic (exact) mass is 247 g/mol. The lowest BCUT2D eigenvalue weighted by atomic mass is 10.1. The van der Waals surface area contributed by atoms with E-state index in [1.54, 1.807) is 6.07 Å². The molecule has 1 aromatic rings. The van der Waals surface area contributed by atoms with Gasteiger partial charge in [0.05, 0.1) is 4.47 Å². The van der Waals surface area contributed by atoms with Gasteiger partial charge in [-0.15, -0.1) is 0 Å². The standard InChI is InChI=1S/C9H8BrF2N/c10-6-3-5(9(13)1-2-9)4-7(11)8(6)12/h3-4H,1-2,13H2. The van der Waals surface area contributed by atoms with Crippen LogP contribution in [0.1, 0.15) is 18.4 Å². The van der Waals surface area contributed by atoms with Crippen LogP contribution >= 0.6 is 15.9 Å². The fourth-order valence-corrected chi connectivity index (χ4v) is 1.70. The first kappa shape index (κ1) is 9.09. The second kappa shape index (κ2) is 2.75. The first-order chi connectivity index (χ1) is 6.03. The van der Waals surface area contributed by atoms with Gasteiger partial charge in [0.25, 0.3) is 0 Å². The van der Waals surface area contributed by atoms with Gasteiger partial charge in [0.2, 0.25) is 0 Å². The van der Waals surface area contributed by atoms with Crippen LogP contribution in [-0.4, -0.2) is 0 Å². The molecule has 0 bridgehead atoms. The quantitative estimate of drug-likeness (QED) is 0.759. The molecule has 1 aliphatic rings. The summed E-state index contributed by atoms with van der Waals surface area (Å²) >= 11 is 2.95. The molecule has 1 fully saturated rings. The summed E-state index contributed by atoms with van der Waals surface area (Å²) in [4.78, 5) is 0. The normalized spacial score (nSPS) is 18.8. The minimum absolute atomic E-state index is 0.138. The van der Waals surface area contributed by atoms with Crippen LogP contribution in [-0.2, 0) is 5.54 Å². The molecule has 0 unspecified atom stereocenters. The molecule has 0 amide bonds. The minimum Gasteiger partial charge on any atom is -0.321 e. The maximum Gasteiger partial charge on any atom is 0.172 e. The van der Waals surface area contributed by atoms with E-state index in [0.29, 0.717) is 5.56 Å². The van der Waals surface area contributed by atoms with Gasteiger partial charge in [-0.3, -0.25) is 0 Å². The van der Waals surface area contributed by atoms with E-state index in [1.165, 1.54) is 6.07 Å². The molecule has 2 rings (SSSR count). The van der Waals surface area contributed by atoms with Crippen molar-refractivity contribution in [3.63, 3.8) is 0 Å². The highest BCUT2D eigenvalue weighted by molar-refractivity contribution is 9.10. The van der Waals surface area contributed by atoms with Crippen molar-refractivity contribution in [3.8, 4) is 0 Å². The number of rotatable bonds is 1. The number of benzene rings is 1. The Morgan fingerprint density at radius 1 is 1.31 bits per heavy atom. The van der Waals surface area contributed by atoms with Gasteiger partial charge in [0, 0.05) is 5.54 Å². The number of nitrogens with two attached hydrogens (primary N) is 1. The lowest BCUT2D eigenvalue weighted by Gasteiger charge is -2.09. The zero-order valence-corrected chi connectivity index (χ0v) is 8.37. The first-order valence-electron chi connectivity index (χ1n) is 3.97. The van der Waals surface area contributed by atoms with Gasteiger partial charge in [0.1, 0.15) is 0 Å². The largest absolute Gasteiger partial charge is 0.321 e. The molecule has 0 aromatic heterocycles. The fourth-order valence-electron chi connectivity index (χ4n) is 1.27. The summed E-state index contributed by atoms with van der Waals surface area (Å²) < 4.78 is 25.9. The molecule has 0 radical (unpaired) electrons. The molecule has 1 nitrogen and oxygen atoms in total. The Kier molecular flexibility index (Phi) is 1.92. The summed E-state index contributed by atoms with van der Waals surface area (Å²) in [5.41, 5.74) is 6.09. The van der Waals surface area contributed by atoms with Crippen LogP contribution in [0.2, 0.25) is 0 Å². The molecule has 0 saturated heterocycles. The third-order valence-corrected chi connectivity index (χ3v) is 2.92. The van der Waals surface area contributed by atoms with Gasteiger partial charge < -0.3 is 5.73 Å². The number of halogens is 3. The van der Waals surface area contributed by atoms with Gasteiger partial charge >= 0.3 is 0 Å². The average Bonchev–Trinajstić information content (AvgIpc) is 2.80. The highest BCUT2D eigenvalue weighted by atomic mass is 79.9. The summed E-state index contributed by atoms with van der Waals surface area (Å²) in [6.07, 6.45) is 1.68. The van der Waals surface area contributed by atoms with Gasteiger partial charge in [-0.1, -0.05) is 0 Å². The second-order valence-electron chi connectivity index (χ2n) is 3.41. The Bertz CT molecular complexity index is 338. The lowest BCUT2D eigenvalue weighted by molar-refractivity contribution is 0.500. The van der Waals surface area contributed by atoms with E-state index in [2.05, 4.69) is 15.9 Å². The Hall–Kier alpha value is -0.480. The van der Waals surface area contributed by atoms with Gasteiger partial charge in [-0.25, -0.2) is 8.78 Å². The molecule has 13 heavy (non-hydrogen) atoms. The molecule has 1 aromatic carbocycles. The average molecular weight is 248 g/mol. The van der Waals surface area contributed by atoms with E-state index in [9.17, 15) is 8.78 Å². The molecule has 0 aliphatic heterocycles. The van der Waals surface area contributed by atoms with E-state index in [0.717, 1.165) is 12.8 Å². The van der Waals surface area contributed by atoms with Crippen LogP contribution < -0.4 is 5.73 Å². The first-order valence-corrected chi connectivity index (χ1v) is 4.76. The molecular formula is C9H8BrF2N. The molecule has 1 aliphatic carbocycles. The molecule has 0 spiro atoms. The molecule has 4 heteroatoms. The Balaban J connectivity index is 2.50. The Morgan fingerprint density at radius 3 is 2.38 bits per heavy atom. The number of hydrogen-bond acceptors (Lipinski definition) is 1. The predicted octanol–water partition coefficient (Wildman–Crippen LogP) is 2.68. The maximum atomic E-state index is 12.9. The van der Waals surface area contributed by atoms with Crippen LogP contribution in [0.25, 0.3) is 0 Å². The van der Waals surface area contributed by atoms with E-state index >= 15 is 0 Å². The summed E-state index contributed by atoms with van der Waals surface area (Å²) in [5.74, 6) is -1.70. The van der Waals surface area contributed by atoms with Crippen molar-refractivity contribution in [1.82, 2.24) is 0 Å². The van der Waals surface area contributed by atoms with Crippen molar-refractivity contribution in [3.05, 3.63) is 33.8 Å². The van der Waals surface area contributed by atoms with E-state index in [-0.39, 0.29) is 4.47 Å². The van der Waals surface area contributed by atoms with Crippen LogP contribution in [0.4, 0.5) is 8.78 Å². The van der Waals surface area contributed by atoms with Crippen LogP contribution in [0.15, 0.2) is 16.6 Å². The van der Waals surface area contributed by atoms with Crippen LogP contribution in [0, 0.1) is 11.6 Å². The zero-order valence-electron chi connectivity index (χ0n) is 6.78. The predicted molar refractivity (Wildman–Crippen MR) is 49.2 cm³/mol. The van der Waals surface area contributed by atoms with Crippen molar-refractivity contribution in [2.24, 2.45) is 5.73 Å². The molecular weight excluding hydrogens is 240 g/mol. The highest BCUT2D eigenvalue weighted by Crippen LogP contribution is 2.43. The van der Waals surface area contributed by atoms with Crippen molar-refractivity contribution < 1.29 is 8.78 Å². The van der Waals surface area contributed by atoms with Gasteiger partial charge in [0.15, 0.2) is 11.6 Å².